The van der Waals surface area contributed by atoms with Gasteiger partial charge in [0.05, 0.1) is 0 Å². The molecule has 0 saturated carbocycles. The zero-order valence-electron chi connectivity index (χ0n) is 9.46. The van der Waals surface area contributed by atoms with E-state index in [2.05, 4.69) is 55.1 Å². The van der Waals surface area contributed by atoms with E-state index < -0.39 is 0 Å². The van der Waals surface area contributed by atoms with Crippen molar-refractivity contribution >= 4 is 11.6 Å². The molecular formula is C16H14. The lowest BCUT2D eigenvalue weighted by atomic mass is 9.90. The van der Waals surface area contributed by atoms with E-state index in [-0.39, 0.29) is 0 Å². The molecule has 16 heavy (non-hydrogen) atoms. The first-order valence-electron chi connectivity index (χ1n) is 5.77. The molecule has 0 heteroatoms. The maximum Gasteiger partial charge on any atom is 0.0275 e. The molecule has 78 valence electrons. The minimum absolute atomic E-state index is 1.15. The molecule has 0 heterocycles. The third kappa shape index (κ3) is 1.48. The first-order valence-corrected chi connectivity index (χ1v) is 5.77. The molecule has 0 amide bonds. The molecule has 0 unspecified atom stereocenters. The Morgan fingerprint density at radius 1 is 1.06 bits per heavy atom. The van der Waals surface area contributed by atoms with Crippen molar-refractivity contribution in [1.29, 1.82) is 0 Å². The van der Waals surface area contributed by atoms with Crippen LogP contribution in [0.15, 0.2) is 53.3 Å². The van der Waals surface area contributed by atoms with Crippen LogP contribution in [0.3, 0.4) is 0 Å². The normalized spacial score (nSPS) is 17.7. The Bertz CT molecular complexity index is 561. The lowest BCUT2D eigenvalue weighted by Gasteiger charge is -2.13. The summed E-state index contributed by atoms with van der Waals surface area (Å²) in [4.78, 5) is 0. The Balaban J connectivity index is 2.03. The van der Waals surface area contributed by atoms with E-state index in [1.54, 1.807) is 0 Å². The van der Waals surface area contributed by atoms with Crippen molar-refractivity contribution < 1.29 is 0 Å². The topological polar surface area (TPSA) is 0 Å². The van der Waals surface area contributed by atoms with Gasteiger partial charge in [-0.05, 0) is 42.5 Å². The summed E-state index contributed by atoms with van der Waals surface area (Å²) in [5, 5.41) is 0. The van der Waals surface area contributed by atoms with Gasteiger partial charge in [-0.25, -0.2) is 0 Å². The highest BCUT2D eigenvalue weighted by Crippen LogP contribution is 2.34. The number of fused-ring (bicyclic) bond motifs is 1. The van der Waals surface area contributed by atoms with Gasteiger partial charge in [0.2, 0.25) is 0 Å². The maximum absolute atomic E-state index is 3.40. The van der Waals surface area contributed by atoms with E-state index in [1.165, 1.54) is 34.3 Å². The predicted octanol–water partition coefficient (Wildman–Crippen LogP) is 4.36. The van der Waals surface area contributed by atoms with Gasteiger partial charge in [-0.1, -0.05) is 42.0 Å². The SMILES string of the molecule is CC1=CC=C(C2=C=Cc3ccccc32)CC1. The zero-order valence-corrected chi connectivity index (χ0v) is 9.46. The number of allylic oxidation sites excluding steroid dienone is 5. The highest BCUT2D eigenvalue weighted by molar-refractivity contribution is 5.90. The highest BCUT2D eigenvalue weighted by atomic mass is 14.2. The zero-order chi connectivity index (χ0) is 11.0. The van der Waals surface area contributed by atoms with Crippen LogP contribution in [-0.4, -0.2) is 0 Å². The molecular weight excluding hydrogens is 192 g/mol. The molecule has 2 aliphatic carbocycles. The summed E-state index contributed by atoms with van der Waals surface area (Å²) in [6.45, 7) is 2.19. The largest absolute Gasteiger partial charge is 0.111 e. The Morgan fingerprint density at radius 3 is 2.75 bits per heavy atom. The molecule has 1 aromatic carbocycles. The van der Waals surface area contributed by atoms with Crippen molar-refractivity contribution in [2.45, 2.75) is 19.8 Å². The predicted molar refractivity (Wildman–Crippen MR) is 68.9 cm³/mol. The van der Waals surface area contributed by atoms with E-state index in [4.69, 9.17) is 0 Å². The van der Waals surface area contributed by atoms with Crippen LogP contribution in [0.4, 0.5) is 0 Å². The third-order valence-corrected chi connectivity index (χ3v) is 3.28. The van der Waals surface area contributed by atoms with Crippen LogP contribution in [0.1, 0.15) is 30.9 Å². The quantitative estimate of drug-likeness (QED) is 0.599. The van der Waals surface area contributed by atoms with Crippen molar-refractivity contribution in [3.63, 3.8) is 0 Å². The molecule has 3 rings (SSSR count). The Morgan fingerprint density at radius 2 is 1.94 bits per heavy atom. The average Bonchev–Trinajstić information content (AvgIpc) is 2.74. The Labute approximate surface area is 96.3 Å². The van der Waals surface area contributed by atoms with Crippen LogP contribution in [0.2, 0.25) is 0 Å². The lowest BCUT2D eigenvalue weighted by molar-refractivity contribution is 0.932. The smallest absolute Gasteiger partial charge is 0.0275 e. The Kier molecular flexibility index (Phi) is 2.16. The number of benzene rings is 1. The molecule has 0 atom stereocenters. The van der Waals surface area contributed by atoms with Gasteiger partial charge in [0.25, 0.3) is 0 Å². The van der Waals surface area contributed by atoms with Crippen LogP contribution in [0.5, 0.6) is 0 Å². The summed E-state index contributed by atoms with van der Waals surface area (Å²) in [5.74, 6) is 0. The summed E-state index contributed by atoms with van der Waals surface area (Å²) in [6, 6.07) is 8.52. The van der Waals surface area contributed by atoms with Crippen LogP contribution >= 0.6 is 0 Å². The fourth-order valence-electron chi connectivity index (χ4n) is 2.29. The molecule has 0 bridgehead atoms. The van der Waals surface area contributed by atoms with E-state index in [0.29, 0.717) is 0 Å². The second-order valence-corrected chi connectivity index (χ2v) is 4.46. The molecule has 0 spiro atoms. The number of rotatable bonds is 1. The summed E-state index contributed by atoms with van der Waals surface area (Å²) in [7, 11) is 0. The van der Waals surface area contributed by atoms with Gasteiger partial charge < -0.3 is 0 Å². The fraction of sp³-hybridized carbons (Fsp3) is 0.188. The fourth-order valence-corrected chi connectivity index (χ4v) is 2.29. The Hall–Kier alpha value is -1.78. The van der Waals surface area contributed by atoms with Gasteiger partial charge in [0.1, 0.15) is 0 Å². The first kappa shape index (κ1) is 9.45. The van der Waals surface area contributed by atoms with Crippen LogP contribution in [-0.2, 0) is 0 Å². The van der Waals surface area contributed by atoms with Gasteiger partial charge in [-0.15, -0.1) is 5.73 Å². The van der Waals surface area contributed by atoms with E-state index in [0.717, 1.165) is 6.42 Å². The molecule has 0 aliphatic heterocycles. The molecule has 2 aliphatic rings. The van der Waals surface area contributed by atoms with Crippen LogP contribution in [0, 0.1) is 0 Å². The number of hydrogen-bond donors (Lipinski definition) is 0. The van der Waals surface area contributed by atoms with Crippen molar-refractivity contribution in [3.05, 3.63) is 64.4 Å². The lowest BCUT2D eigenvalue weighted by Crippen LogP contribution is -1.94. The molecule has 0 saturated heterocycles. The molecule has 0 nitrogen and oxygen atoms in total. The minimum Gasteiger partial charge on any atom is -0.111 e. The number of hydrogen-bond acceptors (Lipinski definition) is 0. The summed E-state index contributed by atoms with van der Waals surface area (Å²) in [6.07, 6.45) is 8.90. The average molecular weight is 206 g/mol. The van der Waals surface area contributed by atoms with Gasteiger partial charge >= 0.3 is 0 Å². The van der Waals surface area contributed by atoms with E-state index in [9.17, 15) is 0 Å². The van der Waals surface area contributed by atoms with Crippen molar-refractivity contribution in [2.24, 2.45) is 0 Å². The van der Waals surface area contributed by atoms with Gasteiger partial charge in [-0.3, -0.25) is 0 Å². The second kappa shape index (κ2) is 3.66. The first-order chi connectivity index (χ1) is 7.84. The van der Waals surface area contributed by atoms with E-state index >= 15 is 0 Å². The molecule has 0 N–H and O–H groups in total. The summed E-state index contributed by atoms with van der Waals surface area (Å²) >= 11 is 0. The molecule has 0 fully saturated rings. The van der Waals surface area contributed by atoms with Crippen molar-refractivity contribution in [3.8, 4) is 0 Å². The second-order valence-electron chi connectivity index (χ2n) is 4.46. The maximum atomic E-state index is 3.40. The molecule has 0 aromatic heterocycles. The van der Waals surface area contributed by atoms with E-state index in [1.807, 2.05) is 0 Å². The van der Waals surface area contributed by atoms with Crippen LogP contribution in [0.25, 0.3) is 11.6 Å². The molecule has 0 radical (unpaired) electrons. The van der Waals surface area contributed by atoms with Crippen LogP contribution < -0.4 is 0 Å². The standard InChI is InChI=1S/C16H14/c1-12-6-8-14(9-7-12)16-11-10-13-4-2-3-5-15(13)16/h2-6,8,10H,7,9H2,1H3. The summed E-state index contributed by atoms with van der Waals surface area (Å²) < 4.78 is 0. The van der Waals surface area contributed by atoms with Crippen molar-refractivity contribution in [1.82, 2.24) is 0 Å². The highest BCUT2D eigenvalue weighted by Gasteiger charge is 2.15. The van der Waals surface area contributed by atoms with Gasteiger partial charge in [0.15, 0.2) is 0 Å². The van der Waals surface area contributed by atoms with Crippen molar-refractivity contribution in [2.75, 3.05) is 0 Å². The third-order valence-electron chi connectivity index (χ3n) is 3.28. The van der Waals surface area contributed by atoms with Gasteiger partial charge in [-0.2, -0.15) is 0 Å². The van der Waals surface area contributed by atoms with Gasteiger partial charge in [0, 0.05) is 5.57 Å². The molecule has 1 aromatic rings. The summed E-state index contributed by atoms with van der Waals surface area (Å²) in [5.41, 5.74) is 10.2. The monoisotopic (exact) mass is 206 g/mol. The minimum atomic E-state index is 1.15.